The van der Waals surface area contributed by atoms with Crippen LogP contribution in [0.25, 0.3) is 0 Å². The number of hydrogen-bond acceptors (Lipinski definition) is 7. The Morgan fingerprint density at radius 1 is 1.02 bits per heavy atom. The van der Waals surface area contributed by atoms with Crippen LogP contribution in [0.3, 0.4) is 0 Å². The molecule has 1 aromatic carbocycles. The van der Waals surface area contributed by atoms with Crippen LogP contribution in [-0.4, -0.2) is 33.8 Å². The first-order valence-corrected chi connectivity index (χ1v) is 16.3. The van der Waals surface area contributed by atoms with E-state index in [1.807, 2.05) is 7.05 Å². The van der Waals surface area contributed by atoms with Gasteiger partial charge in [-0.15, -0.1) is 0 Å². The number of hydrogen-bond donors (Lipinski definition) is 2. The van der Waals surface area contributed by atoms with Gasteiger partial charge in [-0.05, 0) is 97.5 Å². The van der Waals surface area contributed by atoms with Gasteiger partial charge >= 0.3 is 0 Å². The van der Waals surface area contributed by atoms with Gasteiger partial charge in [0.15, 0.2) is 0 Å². The van der Waals surface area contributed by atoms with Crippen molar-refractivity contribution in [2.45, 2.75) is 105 Å². The quantitative estimate of drug-likeness (QED) is 0.184. The van der Waals surface area contributed by atoms with Crippen LogP contribution in [-0.2, 0) is 0 Å². The molecule has 3 N–H and O–H groups in total. The minimum atomic E-state index is -0.762. The molecule has 0 bridgehead atoms. The van der Waals surface area contributed by atoms with Crippen molar-refractivity contribution in [2.75, 3.05) is 12.8 Å². The lowest BCUT2D eigenvalue weighted by Crippen LogP contribution is -2.53. The number of aliphatic hydroxyl groups is 1. The summed E-state index contributed by atoms with van der Waals surface area (Å²) in [6.45, 7) is 12.5. The SMILES string of the molecule is CN=C1C=C2CC(O)CCC2(C)C2CCC3(C)C(CCC3[C@H](C)CCCC(C)C)C12.Nc1ccc([N+](=O)[O-])cc1[N+](=O)[O-]. The van der Waals surface area contributed by atoms with E-state index in [0.717, 1.165) is 67.1 Å². The molecule has 0 spiro atoms. The fourth-order valence-corrected chi connectivity index (χ4v) is 9.45. The third-order valence-electron chi connectivity index (χ3n) is 11.8. The molecule has 4 aliphatic rings. The van der Waals surface area contributed by atoms with Crippen molar-refractivity contribution in [2.24, 2.45) is 51.3 Å². The maximum Gasteiger partial charge on any atom is 0.298 e. The molecule has 0 amide bonds. The molecule has 9 heteroatoms. The zero-order chi connectivity index (χ0) is 31.7. The van der Waals surface area contributed by atoms with Crippen molar-refractivity contribution in [1.29, 1.82) is 0 Å². The number of benzene rings is 1. The van der Waals surface area contributed by atoms with E-state index in [9.17, 15) is 25.3 Å². The summed E-state index contributed by atoms with van der Waals surface area (Å²) < 4.78 is 0. The van der Waals surface area contributed by atoms with Crippen LogP contribution in [0.5, 0.6) is 0 Å². The second-order valence-electron chi connectivity index (χ2n) is 14.7. The largest absolute Gasteiger partial charge is 0.393 e. The Hall–Kier alpha value is -2.81. The van der Waals surface area contributed by atoms with Gasteiger partial charge in [0.2, 0.25) is 0 Å². The number of aliphatic imine (C=N–C) groups is 1. The Bertz CT molecular complexity index is 1260. The molecule has 9 nitrogen and oxygen atoms in total. The number of nitro groups is 2. The smallest absolute Gasteiger partial charge is 0.298 e. The predicted octanol–water partition coefficient (Wildman–Crippen LogP) is 8.15. The lowest BCUT2D eigenvalue weighted by Gasteiger charge is -2.58. The number of nitro benzene ring substituents is 2. The van der Waals surface area contributed by atoms with Gasteiger partial charge in [-0.25, -0.2) is 0 Å². The van der Waals surface area contributed by atoms with Crippen LogP contribution >= 0.6 is 0 Å². The van der Waals surface area contributed by atoms with Crippen LogP contribution in [0.1, 0.15) is 98.8 Å². The molecular weight excluding hydrogens is 544 g/mol. The van der Waals surface area contributed by atoms with Gasteiger partial charge in [0.25, 0.3) is 11.4 Å². The summed E-state index contributed by atoms with van der Waals surface area (Å²) in [5.74, 6) is 4.75. The number of nitrogen functional groups attached to an aromatic ring is 1. The van der Waals surface area contributed by atoms with E-state index >= 15 is 0 Å². The number of allylic oxidation sites excluding steroid dienone is 1. The van der Waals surface area contributed by atoms with Crippen molar-refractivity contribution < 1.29 is 15.0 Å². The van der Waals surface area contributed by atoms with E-state index in [-0.39, 0.29) is 17.5 Å². The number of nitrogens with two attached hydrogens (primary N) is 1. The van der Waals surface area contributed by atoms with E-state index in [1.165, 1.54) is 56.2 Å². The summed E-state index contributed by atoms with van der Waals surface area (Å²) in [6.07, 6.45) is 15.1. The van der Waals surface area contributed by atoms with Gasteiger partial charge in [-0.2, -0.15) is 0 Å². The lowest BCUT2D eigenvalue weighted by molar-refractivity contribution is -0.393. The van der Waals surface area contributed by atoms with Crippen molar-refractivity contribution in [3.63, 3.8) is 0 Å². The maximum atomic E-state index is 10.3. The molecular formula is C34H52N4O5. The molecule has 238 valence electrons. The molecule has 0 aliphatic heterocycles. The first-order chi connectivity index (χ1) is 20.2. The van der Waals surface area contributed by atoms with Crippen LogP contribution in [0.15, 0.2) is 34.8 Å². The number of non-ortho nitro benzene ring substituents is 1. The minimum Gasteiger partial charge on any atom is -0.393 e. The van der Waals surface area contributed by atoms with Gasteiger partial charge in [-0.3, -0.25) is 25.2 Å². The van der Waals surface area contributed by atoms with Crippen molar-refractivity contribution in [3.05, 3.63) is 50.1 Å². The van der Waals surface area contributed by atoms with Crippen molar-refractivity contribution >= 4 is 22.8 Å². The van der Waals surface area contributed by atoms with Crippen molar-refractivity contribution in [1.82, 2.24) is 0 Å². The van der Waals surface area contributed by atoms with Gasteiger partial charge in [0, 0.05) is 24.7 Å². The normalized spacial score (nSPS) is 34.7. The zero-order valence-corrected chi connectivity index (χ0v) is 26.9. The first-order valence-electron chi connectivity index (χ1n) is 16.3. The molecule has 7 unspecified atom stereocenters. The molecule has 0 aromatic heterocycles. The Morgan fingerprint density at radius 3 is 2.37 bits per heavy atom. The Kier molecular flexibility index (Phi) is 10.0. The summed E-state index contributed by atoms with van der Waals surface area (Å²) in [5.41, 5.74) is 7.99. The molecule has 3 fully saturated rings. The zero-order valence-electron chi connectivity index (χ0n) is 26.9. The number of rotatable bonds is 7. The first kappa shape index (κ1) is 33.1. The van der Waals surface area contributed by atoms with Crippen LogP contribution < -0.4 is 5.73 Å². The summed E-state index contributed by atoms with van der Waals surface area (Å²) in [5, 5.41) is 30.9. The molecule has 5 rings (SSSR count). The Balaban J connectivity index is 0.000000273. The third kappa shape index (κ3) is 6.52. The predicted molar refractivity (Wildman–Crippen MR) is 172 cm³/mol. The van der Waals surface area contributed by atoms with E-state index in [1.54, 1.807) is 0 Å². The molecule has 0 radical (unpaired) electrons. The number of fused-ring (bicyclic) bond motifs is 5. The molecule has 4 aliphatic carbocycles. The van der Waals surface area contributed by atoms with Crippen LogP contribution in [0.4, 0.5) is 17.1 Å². The number of nitrogens with zero attached hydrogens (tertiary/aromatic N) is 3. The highest BCUT2D eigenvalue weighted by Crippen LogP contribution is 2.66. The molecule has 43 heavy (non-hydrogen) atoms. The summed E-state index contributed by atoms with van der Waals surface area (Å²) in [4.78, 5) is 23.9. The highest BCUT2D eigenvalue weighted by Gasteiger charge is 2.60. The molecule has 0 heterocycles. The molecule has 3 saturated carbocycles. The average Bonchev–Trinajstić information content (AvgIpc) is 3.30. The van der Waals surface area contributed by atoms with E-state index in [2.05, 4.69) is 40.7 Å². The fraction of sp³-hybridized carbons (Fsp3) is 0.735. The van der Waals surface area contributed by atoms with Gasteiger partial charge in [0.05, 0.1) is 22.0 Å². The van der Waals surface area contributed by atoms with Gasteiger partial charge < -0.3 is 10.8 Å². The highest BCUT2D eigenvalue weighted by atomic mass is 16.6. The number of aliphatic hydroxyl groups excluding tert-OH is 1. The third-order valence-corrected chi connectivity index (χ3v) is 11.8. The minimum absolute atomic E-state index is 0.0874. The molecule has 1 aromatic rings. The van der Waals surface area contributed by atoms with Crippen LogP contribution in [0.2, 0.25) is 0 Å². The summed E-state index contributed by atoms with van der Waals surface area (Å²) >= 11 is 0. The van der Waals surface area contributed by atoms with E-state index < -0.39 is 15.5 Å². The monoisotopic (exact) mass is 596 g/mol. The summed E-state index contributed by atoms with van der Waals surface area (Å²) in [6, 6.07) is 3.08. The van der Waals surface area contributed by atoms with Crippen LogP contribution in [0, 0.1) is 66.6 Å². The standard InChI is InChI=1S/C28H47NO.C6H5N3O4/c1-18(2)8-7-9-19(3)22-10-11-23-26-24(13-15-28(22,23)5)27(4)14-12-21(30)16-20(27)17-25(26)29-6;7-5-2-1-4(8(10)11)3-6(5)9(12)13/h17-19,21-24,26,30H,7-16H2,1-6H3;1-3H,7H2/t19-,21?,22?,23?,24?,26?,27?,28?;/m1./s1. The van der Waals surface area contributed by atoms with Gasteiger partial charge in [0.1, 0.15) is 5.69 Å². The molecule has 8 atom stereocenters. The van der Waals surface area contributed by atoms with Gasteiger partial charge in [-0.1, -0.05) is 59.5 Å². The van der Waals surface area contributed by atoms with E-state index in [0.29, 0.717) is 16.7 Å². The maximum absolute atomic E-state index is 10.3. The lowest BCUT2D eigenvalue weighted by atomic mass is 9.46. The Morgan fingerprint density at radius 2 is 1.74 bits per heavy atom. The highest BCUT2D eigenvalue weighted by molar-refractivity contribution is 5.99. The topological polar surface area (TPSA) is 145 Å². The average molecular weight is 597 g/mol. The van der Waals surface area contributed by atoms with Crippen molar-refractivity contribution in [3.8, 4) is 0 Å². The van der Waals surface area contributed by atoms with E-state index in [4.69, 9.17) is 10.7 Å². The second kappa shape index (κ2) is 13.0. The summed E-state index contributed by atoms with van der Waals surface area (Å²) in [7, 11) is 2.01. The Labute approximate surface area is 256 Å². The second-order valence-corrected chi connectivity index (χ2v) is 14.7. The molecule has 0 saturated heterocycles. The number of anilines is 1. The fourth-order valence-electron chi connectivity index (χ4n) is 9.45.